The molecule has 0 spiro atoms. The third-order valence-electron chi connectivity index (χ3n) is 2.63. The Morgan fingerprint density at radius 2 is 2.12 bits per heavy atom. The smallest absolute Gasteiger partial charge is 0.229 e. The Kier molecular flexibility index (Phi) is 3.96. The van der Waals surface area contributed by atoms with Crippen molar-refractivity contribution in [1.82, 2.24) is 15.0 Å². The molecule has 2 rings (SSSR count). The highest BCUT2D eigenvalue weighted by molar-refractivity contribution is 6.28. The zero-order chi connectivity index (χ0) is 12.3. The average molecular weight is 258 g/mol. The van der Waals surface area contributed by atoms with Crippen molar-refractivity contribution < 1.29 is 4.74 Å². The van der Waals surface area contributed by atoms with Crippen LogP contribution in [0.25, 0.3) is 0 Å². The Balaban J connectivity index is 2.09. The van der Waals surface area contributed by atoms with Gasteiger partial charge in [0.1, 0.15) is 0 Å². The van der Waals surface area contributed by atoms with E-state index in [0.717, 1.165) is 19.6 Å². The molecule has 0 bridgehead atoms. The summed E-state index contributed by atoms with van der Waals surface area (Å²) >= 11 is 5.83. The molecule has 1 fully saturated rings. The number of aromatic nitrogens is 3. The van der Waals surface area contributed by atoms with E-state index >= 15 is 0 Å². The van der Waals surface area contributed by atoms with Gasteiger partial charge in [0.2, 0.25) is 17.2 Å². The topological polar surface area (TPSA) is 72.0 Å². The minimum absolute atomic E-state index is 0.160. The summed E-state index contributed by atoms with van der Waals surface area (Å²) in [5.41, 5.74) is 0. The lowest BCUT2D eigenvalue weighted by Gasteiger charge is -2.16. The van der Waals surface area contributed by atoms with Gasteiger partial charge in [0.05, 0.1) is 12.1 Å². The first-order chi connectivity index (χ1) is 8.19. The fourth-order valence-electron chi connectivity index (χ4n) is 1.74. The Morgan fingerprint density at radius 3 is 2.76 bits per heavy atom. The van der Waals surface area contributed by atoms with Gasteiger partial charge in [0.15, 0.2) is 0 Å². The zero-order valence-corrected chi connectivity index (χ0v) is 10.7. The van der Waals surface area contributed by atoms with Gasteiger partial charge in [-0.2, -0.15) is 15.0 Å². The van der Waals surface area contributed by atoms with Crippen LogP contribution in [-0.4, -0.2) is 40.2 Å². The van der Waals surface area contributed by atoms with Gasteiger partial charge in [-0.1, -0.05) is 0 Å². The van der Waals surface area contributed by atoms with E-state index < -0.39 is 0 Å². The van der Waals surface area contributed by atoms with E-state index in [9.17, 15) is 0 Å². The van der Waals surface area contributed by atoms with Crippen molar-refractivity contribution in [2.24, 2.45) is 0 Å². The lowest BCUT2D eigenvalue weighted by molar-refractivity contribution is 0.121. The van der Waals surface area contributed by atoms with Crippen LogP contribution in [0, 0.1) is 0 Å². The average Bonchev–Trinajstić information content (AvgIpc) is 2.64. The van der Waals surface area contributed by atoms with Crippen molar-refractivity contribution in [3.8, 4) is 0 Å². The second-order valence-corrected chi connectivity index (χ2v) is 4.24. The van der Waals surface area contributed by atoms with Crippen molar-refractivity contribution in [2.45, 2.75) is 32.4 Å². The number of hydrogen-bond donors (Lipinski definition) is 2. The van der Waals surface area contributed by atoms with Crippen LogP contribution < -0.4 is 10.6 Å². The highest BCUT2D eigenvalue weighted by Crippen LogP contribution is 2.18. The Bertz CT molecular complexity index is 389. The summed E-state index contributed by atoms with van der Waals surface area (Å²) < 4.78 is 5.46. The van der Waals surface area contributed by atoms with Crippen molar-refractivity contribution in [3.05, 3.63) is 5.28 Å². The first-order valence-corrected chi connectivity index (χ1v) is 6.10. The maximum absolute atomic E-state index is 5.83. The zero-order valence-electron chi connectivity index (χ0n) is 9.90. The van der Waals surface area contributed by atoms with Crippen LogP contribution in [-0.2, 0) is 4.74 Å². The maximum Gasteiger partial charge on any atom is 0.229 e. The second kappa shape index (κ2) is 5.46. The van der Waals surface area contributed by atoms with Crippen LogP contribution in [0.4, 0.5) is 11.9 Å². The molecule has 0 saturated carbocycles. The predicted octanol–water partition coefficient (Wildman–Crippen LogP) is 1.55. The summed E-state index contributed by atoms with van der Waals surface area (Å²) in [6, 6.07) is 0.225. The summed E-state index contributed by atoms with van der Waals surface area (Å²) in [6.07, 6.45) is 1.11. The molecular weight excluding hydrogens is 242 g/mol. The quantitative estimate of drug-likeness (QED) is 0.853. The van der Waals surface area contributed by atoms with Crippen LogP contribution in [0.3, 0.4) is 0 Å². The molecule has 2 unspecified atom stereocenters. The van der Waals surface area contributed by atoms with Gasteiger partial charge in [0.25, 0.3) is 0 Å². The van der Waals surface area contributed by atoms with E-state index in [1.54, 1.807) is 0 Å². The van der Waals surface area contributed by atoms with Gasteiger partial charge < -0.3 is 15.4 Å². The monoisotopic (exact) mass is 257 g/mol. The Hall–Kier alpha value is -1.14. The van der Waals surface area contributed by atoms with Gasteiger partial charge >= 0.3 is 0 Å². The molecular formula is C10H16ClN5O. The van der Waals surface area contributed by atoms with Crippen molar-refractivity contribution in [3.63, 3.8) is 0 Å². The SMILES string of the molecule is CCNc1nc(Cl)nc(NC2CCOC2C)n1. The molecule has 7 heteroatoms. The van der Waals surface area contributed by atoms with E-state index in [2.05, 4.69) is 25.6 Å². The van der Waals surface area contributed by atoms with E-state index in [4.69, 9.17) is 16.3 Å². The molecule has 1 aromatic heterocycles. The molecule has 1 aliphatic rings. The maximum atomic E-state index is 5.83. The molecule has 0 radical (unpaired) electrons. The van der Waals surface area contributed by atoms with Gasteiger partial charge in [-0.25, -0.2) is 0 Å². The van der Waals surface area contributed by atoms with Crippen LogP contribution in [0.15, 0.2) is 0 Å². The number of ether oxygens (including phenoxy) is 1. The molecule has 1 aliphatic heterocycles. The number of hydrogen-bond acceptors (Lipinski definition) is 6. The summed E-state index contributed by atoms with van der Waals surface area (Å²) in [4.78, 5) is 12.3. The van der Waals surface area contributed by atoms with Gasteiger partial charge in [-0.15, -0.1) is 0 Å². The number of nitrogens with zero attached hydrogens (tertiary/aromatic N) is 3. The minimum Gasteiger partial charge on any atom is -0.376 e. The summed E-state index contributed by atoms with van der Waals surface area (Å²) in [7, 11) is 0. The lowest BCUT2D eigenvalue weighted by Crippen LogP contribution is -2.28. The van der Waals surface area contributed by atoms with Gasteiger partial charge in [-0.3, -0.25) is 0 Å². The molecule has 2 heterocycles. The van der Waals surface area contributed by atoms with Gasteiger partial charge in [-0.05, 0) is 31.9 Å². The van der Waals surface area contributed by atoms with Crippen LogP contribution >= 0.6 is 11.6 Å². The minimum atomic E-state index is 0.160. The number of nitrogens with one attached hydrogen (secondary N) is 2. The Labute approximate surface area is 105 Å². The molecule has 6 nitrogen and oxygen atoms in total. The first-order valence-electron chi connectivity index (χ1n) is 5.72. The van der Waals surface area contributed by atoms with Crippen molar-refractivity contribution >= 4 is 23.5 Å². The van der Waals surface area contributed by atoms with E-state index in [1.807, 2.05) is 13.8 Å². The first kappa shape index (κ1) is 12.3. The summed E-state index contributed by atoms with van der Waals surface area (Å²) in [5, 5.41) is 6.41. The molecule has 2 N–H and O–H groups in total. The number of anilines is 2. The fraction of sp³-hybridized carbons (Fsp3) is 0.700. The number of rotatable bonds is 4. The van der Waals surface area contributed by atoms with Gasteiger partial charge in [0, 0.05) is 13.2 Å². The molecule has 2 atom stereocenters. The highest BCUT2D eigenvalue weighted by atomic mass is 35.5. The van der Waals surface area contributed by atoms with E-state index in [0.29, 0.717) is 11.9 Å². The molecule has 0 aliphatic carbocycles. The third kappa shape index (κ3) is 3.17. The van der Waals surface area contributed by atoms with Crippen molar-refractivity contribution in [2.75, 3.05) is 23.8 Å². The van der Waals surface area contributed by atoms with Crippen molar-refractivity contribution in [1.29, 1.82) is 0 Å². The third-order valence-corrected chi connectivity index (χ3v) is 2.80. The molecule has 0 aromatic carbocycles. The molecule has 17 heavy (non-hydrogen) atoms. The summed E-state index contributed by atoms with van der Waals surface area (Å²) in [6.45, 7) is 5.50. The van der Waals surface area contributed by atoms with Crippen LogP contribution in [0.2, 0.25) is 5.28 Å². The summed E-state index contributed by atoms with van der Waals surface area (Å²) in [5.74, 6) is 0.977. The van der Waals surface area contributed by atoms with E-state index in [-0.39, 0.29) is 17.4 Å². The second-order valence-electron chi connectivity index (χ2n) is 3.90. The molecule has 94 valence electrons. The largest absolute Gasteiger partial charge is 0.376 e. The lowest BCUT2D eigenvalue weighted by atomic mass is 10.2. The predicted molar refractivity (Wildman–Crippen MR) is 66.4 cm³/mol. The Morgan fingerprint density at radius 1 is 1.35 bits per heavy atom. The van der Waals surface area contributed by atoms with Crippen LogP contribution in [0.5, 0.6) is 0 Å². The molecule has 1 saturated heterocycles. The molecule has 0 amide bonds. The standard InChI is InChI=1S/C10H16ClN5O/c1-3-12-9-14-8(11)15-10(16-9)13-7-4-5-17-6(7)2/h6-7H,3-5H2,1-2H3,(H2,12,13,14,15,16). The number of halogens is 1. The van der Waals surface area contributed by atoms with Crippen LogP contribution in [0.1, 0.15) is 20.3 Å². The normalized spacial score (nSPS) is 23.7. The highest BCUT2D eigenvalue weighted by Gasteiger charge is 2.24. The fourth-order valence-corrected chi connectivity index (χ4v) is 1.90. The van der Waals surface area contributed by atoms with E-state index in [1.165, 1.54) is 0 Å². The molecule has 1 aromatic rings.